The molecule has 2 heterocycles. The van der Waals surface area contributed by atoms with Crippen LogP contribution in [-0.4, -0.2) is 4.98 Å². The van der Waals surface area contributed by atoms with E-state index in [1.807, 2.05) is 0 Å². The minimum atomic E-state index is -4.40. The molecule has 2 N–H and O–H groups in total. The summed E-state index contributed by atoms with van der Waals surface area (Å²) in [7, 11) is 0. The number of thiophene rings is 1. The quantitative estimate of drug-likeness (QED) is 0.772. The molecule has 0 spiro atoms. The predicted molar refractivity (Wildman–Crippen MR) is 58.5 cm³/mol. The molecule has 2 nitrogen and oxygen atoms in total. The molecular weight excluding hydrogens is 237 g/mol. The maximum absolute atomic E-state index is 12.8. The van der Waals surface area contributed by atoms with Gasteiger partial charge in [0.1, 0.15) is 4.83 Å². The lowest BCUT2D eigenvalue weighted by molar-refractivity contribution is -0.136. The first-order chi connectivity index (χ1) is 7.30. The average Bonchev–Trinajstić information content (AvgIpc) is 2.39. The molecule has 0 aliphatic carbocycles. The van der Waals surface area contributed by atoms with E-state index in [1.54, 1.807) is 13.8 Å². The van der Waals surface area contributed by atoms with Crippen molar-refractivity contribution in [1.82, 2.24) is 4.98 Å². The number of nitrogen functional groups attached to an aromatic ring is 1. The molecule has 0 aliphatic rings. The highest BCUT2D eigenvalue weighted by molar-refractivity contribution is 7.19. The number of anilines is 1. The molecule has 2 rings (SSSR count). The summed E-state index contributed by atoms with van der Waals surface area (Å²) in [5.41, 5.74) is 5.49. The summed E-state index contributed by atoms with van der Waals surface area (Å²) in [6, 6.07) is 1.03. The van der Waals surface area contributed by atoms with Gasteiger partial charge in [-0.3, -0.25) is 0 Å². The third kappa shape index (κ3) is 1.63. The summed E-state index contributed by atoms with van der Waals surface area (Å²) in [6.45, 7) is 3.23. The number of aryl methyl sites for hydroxylation is 2. The Bertz CT molecular complexity index is 557. The molecule has 6 heteroatoms. The maximum atomic E-state index is 12.8. The number of nitrogens with zero attached hydrogens (tertiary/aromatic N) is 1. The van der Waals surface area contributed by atoms with Crippen molar-refractivity contribution in [3.05, 3.63) is 22.2 Å². The molecule has 0 fully saturated rings. The van der Waals surface area contributed by atoms with Crippen molar-refractivity contribution >= 4 is 27.2 Å². The number of fused-ring (bicyclic) bond motifs is 1. The topological polar surface area (TPSA) is 38.9 Å². The number of aromatic nitrogens is 1. The minimum absolute atomic E-state index is 0.0283. The lowest BCUT2D eigenvalue weighted by Crippen LogP contribution is -2.07. The van der Waals surface area contributed by atoms with Gasteiger partial charge in [-0.05, 0) is 19.9 Å². The highest BCUT2D eigenvalue weighted by Crippen LogP contribution is 2.41. The molecule has 0 saturated heterocycles. The molecule has 2 aromatic rings. The number of pyridine rings is 1. The van der Waals surface area contributed by atoms with E-state index in [2.05, 4.69) is 4.98 Å². The van der Waals surface area contributed by atoms with Gasteiger partial charge < -0.3 is 5.73 Å². The molecule has 0 aliphatic heterocycles. The third-order valence-electron chi connectivity index (χ3n) is 2.32. The Morgan fingerprint density at radius 3 is 2.50 bits per heavy atom. The molecule has 0 atom stereocenters. The molecular formula is C10H9F3N2S. The molecule has 0 saturated carbocycles. The van der Waals surface area contributed by atoms with Gasteiger partial charge in [0.15, 0.2) is 0 Å². The van der Waals surface area contributed by atoms with Crippen molar-refractivity contribution in [2.24, 2.45) is 0 Å². The van der Waals surface area contributed by atoms with Gasteiger partial charge in [-0.25, -0.2) is 4.98 Å². The Balaban J connectivity index is 2.91. The van der Waals surface area contributed by atoms with Crippen LogP contribution in [0.5, 0.6) is 0 Å². The van der Waals surface area contributed by atoms with E-state index in [-0.39, 0.29) is 11.1 Å². The maximum Gasteiger partial charge on any atom is 0.417 e. The average molecular weight is 246 g/mol. The van der Waals surface area contributed by atoms with Gasteiger partial charge in [0, 0.05) is 16.0 Å². The van der Waals surface area contributed by atoms with Crippen molar-refractivity contribution in [3.8, 4) is 0 Å². The number of nitrogens with two attached hydrogens (primary N) is 1. The summed E-state index contributed by atoms with van der Waals surface area (Å²) in [5, 5.41) is 0.0283. The lowest BCUT2D eigenvalue weighted by Gasteiger charge is -2.09. The van der Waals surface area contributed by atoms with Gasteiger partial charge >= 0.3 is 6.18 Å². The molecule has 86 valence electrons. The molecule has 0 unspecified atom stereocenters. The molecule has 16 heavy (non-hydrogen) atoms. The second kappa shape index (κ2) is 3.35. The van der Waals surface area contributed by atoms with E-state index in [0.29, 0.717) is 15.4 Å². The van der Waals surface area contributed by atoms with Crippen molar-refractivity contribution < 1.29 is 13.2 Å². The summed E-state index contributed by atoms with van der Waals surface area (Å²) in [4.78, 5) is 5.08. The van der Waals surface area contributed by atoms with Gasteiger partial charge in [-0.1, -0.05) is 0 Å². The second-order valence-electron chi connectivity index (χ2n) is 3.56. The second-order valence-corrected chi connectivity index (χ2v) is 4.76. The first-order valence-corrected chi connectivity index (χ1v) is 5.35. The number of hydrogen-bond donors (Lipinski definition) is 1. The molecule has 2 aromatic heterocycles. The summed E-state index contributed by atoms with van der Waals surface area (Å²) in [6.07, 6.45) is -4.40. The number of alkyl halides is 3. The molecule has 0 radical (unpaired) electrons. The Labute approximate surface area is 93.9 Å². The summed E-state index contributed by atoms with van der Waals surface area (Å²) < 4.78 is 38.4. The molecule has 0 aromatic carbocycles. The zero-order valence-corrected chi connectivity index (χ0v) is 9.46. The normalized spacial score (nSPS) is 12.3. The highest BCUT2D eigenvalue weighted by atomic mass is 32.1. The van der Waals surface area contributed by atoms with Crippen LogP contribution in [-0.2, 0) is 6.18 Å². The van der Waals surface area contributed by atoms with Crippen molar-refractivity contribution in [2.45, 2.75) is 20.0 Å². The van der Waals surface area contributed by atoms with Crippen molar-refractivity contribution in [2.75, 3.05) is 5.73 Å². The molecule has 0 bridgehead atoms. The van der Waals surface area contributed by atoms with Crippen LogP contribution in [0.25, 0.3) is 10.2 Å². The Morgan fingerprint density at radius 2 is 1.94 bits per heavy atom. The van der Waals surface area contributed by atoms with Crippen LogP contribution in [0.3, 0.4) is 0 Å². The highest BCUT2D eigenvalue weighted by Gasteiger charge is 2.34. The lowest BCUT2D eigenvalue weighted by atomic mass is 10.1. The van der Waals surface area contributed by atoms with E-state index >= 15 is 0 Å². The van der Waals surface area contributed by atoms with Crippen molar-refractivity contribution in [3.63, 3.8) is 0 Å². The molecule has 0 amide bonds. The van der Waals surface area contributed by atoms with E-state index in [4.69, 9.17) is 5.73 Å². The van der Waals surface area contributed by atoms with Gasteiger partial charge in [0.2, 0.25) is 0 Å². The van der Waals surface area contributed by atoms with Crippen LogP contribution < -0.4 is 5.73 Å². The van der Waals surface area contributed by atoms with E-state index in [0.717, 1.165) is 6.07 Å². The van der Waals surface area contributed by atoms with Gasteiger partial charge in [-0.15, -0.1) is 11.3 Å². The standard InChI is InChI=1S/C10H9F3N2S/c1-4-3-6(10(11,12)13)7-8(14)5(2)16-9(7)15-4/h3H,14H2,1-2H3. The predicted octanol–water partition coefficient (Wildman–Crippen LogP) is 3.51. The first kappa shape index (κ1) is 11.2. The SMILES string of the molecule is Cc1cc(C(F)(F)F)c2c(N)c(C)sc2n1. The van der Waals surface area contributed by atoms with Crippen LogP contribution in [0.4, 0.5) is 18.9 Å². The number of halogens is 3. The monoisotopic (exact) mass is 246 g/mol. The first-order valence-electron chi connectivity index (χ1n) is 4.54. The van der Waals surface area contributed by atoms with E-state index < -0.39 is 11.7 Å². The minimum Gasteiger partial charge on any atom is -0.397 e. The largest absolute Gasteiger partial charge is 0.417 e. The Morgan fingerprint density at radius 1 is 1.31 bits per heavy atom. The van der Waals surface area contributed by atoms with Crippen LogP contribution in [0.1, 0.15) is 16.1 Å². The zero-order valence-electron chi connectivity index (χ0n) is 8.64. The third-order valence-corrected chi connectivity index (χ3v) is 3.33. The van der Waals surface area contributed by atoms with Gasteiger partial charge in [-0.2, -0.15) is 13.2 Å². The smallest absolute Gasteiger partial charge is 0.397 e. The summed E-state index contributed by atoms with van der Waals surface area (Å²) >= 11 is 1.19. The fourth-order valence-electron chi connectivity index (χ4n) is 1.58. The van der Waals surface area contributed by atoms with Gasteiger partial charge in [0.25, 0.3) is 0 Å². The van der Waals surface area contributed by atoms with Gasteiger partial charge in [0.05, 0.1) is 11.3 Å². The van der Waals surface area contributed by atoms with Crippen LogP contribution in [0.15, 0.2) is 6.07 Å². The van der Waals surface area contributed by atoms with E-state index in [9.17, 15) is 13.2 Å². The number of hydrogen-bond acceptors (Lipinski definition) is 3. The Hall–Kier alpha value is -1.30. The number of rotatable bonds is 0. The zero-order chi connectivity index (χ0) is 12.1. The fourth-order valence-corrected chi connectivity index (χ4v) is 2.59. The van der Waals surface area contributed by atoms with Crippen LogP contribution >= 0.6 is 11.3 Å². The van der Waals surface area contributed by atoms with E-state index in [1.165, 1.54) is 11.3 Å². The van der Waals surface area contributed by atoms with Crippen molar-refractivity contribution in [1.29, 1.82) is 0 Å². The van der Waals surface area contributed by atoms with Crippen LogP contribution in [0.2, 0.25) is 0 Å². The summed E-state index contributed by atoms with van der Waals surface area (Å²) in [5.74, 6) is 0. The van der Waals surface area contributed by atoms with Crippen LogP contribution in [0, 0.1) is 13.8 Å². The Kier molecular flexibility index (Phi) is 2.34. The fraction of sp³-hybridized carbons (Fsp3) is 0.300.